The van der Waals surface area contributed by atoms with Gasteiger partial charge in [0.2, 0.25) is 0 Å². The van der Waals surface area contributed by atoms with Gasteiger partial charge in [0.15, 0.2) is 0 Å². The molecule has 0 heterocycles. The molecular formula is C12H22Cl2N6O8. The first kappa shape index (κ1) is 26.2. The highest BCUT2D eigenvalue weighted by molar-refractivity contribution is 6.18. The van der Waals surface area contributed by atoms with E-state index in [1.807, 2.05) is 0 Å². The van der Waals surface area contributed by atoms with Crippen LogP contribution < -0.4 is 10.6 Å². The van der Waals surface area contributed by atoms with Crippen molar-refractivity contribution in [2.45, 2.75) is 24.4 Å². The van der Waals surface area contributed by atoms with Crippen molar-refractivity contribution in [1.29, 1.82) is 0 Å². The van der Waals surface area contributed by atoms with Crippen LogP contribution in [-0.2, 0) is 0 Å². The molecule has 14 nitrogen and oxygen atoms in total. The maximum absolute atomic E-state index is 11.6. The summed E-state index contributed by atoms with van der Waals surface area (Å²) in [7, 11) is 0. The normalized spacial score (nSPS) is 14.9. The molecule has 16 heteroatoms. The van der Waals surface area contributed by atoms with Crippen LogP contribution in [0.1, 0.15) is 0 Å². The molecule has 0 radical (unpaired) electrons. The third-order valence-corrected chi connectivity index (χ3v) is 3.66. The molecule has 0 aliphatic heterocycles. The standard InChI is InChI=1S/C12H22Cl2N6O8/c13-1-3-19(17-27)11(25)15-5-7(21)9(23)10(24)8(22)6-16-12(26)20(18-28)4-2-14/h7-10,21-24H,1-6H2,(H,15,25)(H,16,26)/t7-,8-,9-,10-/m1/s1. The van der Waals surface area contributed by atoms with Gasteiger partial charge in [-0.05, 0) is 0 Å². The highest BCUT2D eigenvalue weighted by Crippen LogP contribution is 2.05. The van der Waals surface area contributed by atoms with Gasteiger partial charge in [0.25, 0.3) is 0 Å². The number of halogens is 2. The SMILES string of the molecule is O=NN(CCCl)C(=O)NC[C@@H](O)[C@@H](O)[C@H](O)[C@H](O)CNC(=O)N(CCCl)N=O. The zero-order valence-electron chi connectivity index (χ0n) is 14.5. The number of urea groups is 2. The van der Waals surface area contributed by atoms with Crippen LogP contribution in [0, 0.1) is 9.81 Å². The molecule has 4 atom stereocenters. The number of aliphatic hydroxyl groups excluding tert-OH is 4. The molecule has 4 amide bonds. The minimum Gasteiger partial charge on any atom is -0.388 e. The van der Waals surface area contributed by atoms with Crippen LogP contribution in [0.25, 0.3) is 0 Å². The number of nitroso groups, excluding NO2 is 2. The van der Waals surface area contributed by atoms with Gasteiger partial charge in [-0.25, -0.2) is 9.59 Å². The molecule has 0 aromatic heterocycles. The average molecular weight is 449 g/mol. The van der Waals surface area contributed by atoms with E-state index in [9.17, 15) is 39.8 Å². The lowest BCUT2D eigenvalue weighted by Crippen LogP contribution is -2.53. The smallest absolute Gasteiger partial charge is 0.340 e. The summed E-state index contributed by atoms with van der Waals surface area (Å²) in [6.45, 7) is -1.56. The second kappa shape index (κ2) is 14.2. The maximum atomic E-state index is 11.6. The van der Waals surface area contributed by atoms with Gasteiger partial charge in [-0.1, -0.05) is 0 Å². The minimum absolute atomic E-state index is 0.0666. The first-order valence-electron chi connectivity index (χ1n) is 7.84. The number of hydrogen-bond donors (Lipinski definition) is 6. The average Bonchev–Trinajstić information content (AvgIpc) is 2.70. The van der Waals surface area contributed by atoms with Crippen LogP contribution in [0.3, 0.4) is 0 Å². The Morgan fingerprint density at radius 3 is 1.36 bits per heavy atom. The minimum atomic E-state index is -1.93. The first-order valence-corrected chi connectivity index (χ1v) is 8.91. The number of aliphatic hydroxyl groups is 4. The zero-order chi connectivity index (χ0) is 21.7. The summed E-state index contributed by atoms with van der Waals surface area (Å²) in [6, 6.07) is -1.99. The van der Waals surface area contributed by atoms with Crippen molar-refractivity contribution in [2.24, 2.45) is 10.6 Å². The van der Waals surface area contributed by atoms with Crippen molar-refractivity contribution in [3.63, 3.8) is 0 Å². The molecular weight excluding hydrogens is 427 g/mol. The largest absolute Gasteiger partial charge is 0.388 e. The van der Waals surface area contributed by atoms with E-state index in [1.54, 1.807) is 0 Å². The molecule has 6 N–H and O–H groups in total. The molecule has 0 aliphatic rings. The summed E-state index contributed by atoms with van der Waals surface area (Å²) in [4.78, 5) is 44.1. The van der Waals surface area contributed by atoms with Crippen LogP contribution in [0.4, 0.5) is 9.59 Å². The lowest BCUT2D eigenvalue weighted by atomic mass is 10.0. The number of amides is 4. The van der Waals surface area contributed by atoms with Crippen LogP contribution in [0.2, 0.25) is 0 Å². The number of rotatable bonds is 13. The van der Waals surface area contributed by atoms with Crippen molar-refractivity contribution in [2.75, 3.05) is 37.9 Å². The summed E-state index contributed by atoms with van der Waals surface area (Å²) in [5.41, 5.74) is 0. The second-order valence-corrected chi connectivity index (χ2v) is 6.03. The van der Waals surface area contributed by atoms with Gasteiger partial charge < -0.3 is 31.1 Å². The molecule has 28 heavy (non-hydrogen) atoms. The van der Waals surface area contributed by atoms with E-state index in [4.69, 9.17) is 23.2 Å². The summed E-state index contributed by atoms with van der Waals surface area (Å²) in [5, 5.41) is 49.1. The fraction of sp³-hybridized carbons (Fsp3) is 0.833. The second-order valence-electron chi connectivity index (χ2n) is 5.28. The van der Waals surface area contributed by atoms with E-state index in [-0.39, 0.29) is 24.8 Å². The number of nitrogens with one attached hydrogen (secondary N) is 2. The van der Waals surface area contributed by atoms with Gasteiger partial charge in [-0.15, -0.1) is 33.0 Å². The van der Waals surface area contributed by atoms with Gasteiger partial charge in [0, 0.05) is 24.8 Å². The molecule has 0 aromatic rings. The summed E-state index contributed by atoms with van der Waals surface area (Å²) in [5.74, 6) is -0.133. The molecule has 0 bridgehead atoms. The monoisotopic (exact) mass is 448 g/mol. The fourth-order valence-corrected chi connectivity index (χ4v) is 2.10. The number of carbonyl (C=O) groups is 2. The van der Waals surface area contributed by atoms with Crippen molar-refractivity contribution in [1.82, 2.24) is 20.7 Å². The maximum Gasteiger partial charge on any atom is 0.340 e. The Morgan fingerprint density at radius 2 is 1.11 bits per heavy atom. The summed E-state index contributed by atoms with van der Waals surface area (Å²) in [6.07, 6.45) is -7.33. The van der Waals surface area contributed by atoms with Gasteiger partial charge in [-0.2, -0.15) is 10.0 Å². The van der Waals surface area contributed by atoms with Crippen LogP contribution in [0.15, 0.2) is 10.6 Å². The predicted molar refractivity (Wildman–Crippen MR) is 97.3 cm³/mol. The third kappa shape index (κ3) is 8.90. The van der Waals surface area contributed by atoms with E-state index in [2.05, 4.69) is 21.2 Å². The third-order valence-electron chi connectivity index (χ3n) is 3.32. The zero-order valence-corrected chi connectivity index (χ0v) is 16.0. The summed E-state index contributed by atoms with van der Waals surface area (Å²) < 4.78 is 0. The van der Waals surface area contributed by atoms with Crippen LogP contribution in [-0.4, -0.2) is 105 Å². The van der Waals surface area contributed by atoms with E-state index < -0.39 is 49.6 Å². The van der Waals surface area contributed by atoms with Crippen molar-refractivity contribution >= 4 is 35.3 Å². The number of alkyl halides is 2. The Kier molecular flexibility index (Phi) is 13.3. The molecule has 162 valence electrons. The van der Waals surface area contributed by atoms with Gasteiger partial charge in [0.1, 0.15) is 12.2 Å². The van der Waals surface area contributed by atoms with Gasteiger partial charge in [0.05, 0.1) is 35.9 Å². The highest BCUT2D eigenvalue weighted by Gasteiger charge is 2.31. The van der Waals surface area contributed by atoms with Crippen molar-refractivity contribution in [3.8, 4) is 0 Å². The molecule has 0 fully saturated rings. The fourth-order valence-electron chi connectivity index (χ4n) is 1.78. The molecule has 0 unspecified atom stereocenters. The molecule has 0 spiro atoms. The van der Waals surface area contributed by atoms with E-state index in [0.29, 0.717) is 10.0 Å². The summed E-state index contributed by atoms with van der Waals surface area (Å²) >= 11 is 10.7. The van der Waals surface area contributed by atoms with Crippen molar-refractivity contribution < 1.29 is 30.0 Å². The quantitative estimate of drug-likeness (QED) is 0.108. The van der Waals surface area contributed by atoms with Gasteiger partial charge in [-0.3, -0.25) is 0 Å². The lowest BCUT2D eigenvalue weighted by molar-refractivity contribution is -0.101. The highest BCUT2D eigenvalue weighted by atomic mass is 35.5. The lowest BCUT2D eigenvalue weighted by Gasteiger charge is -2.27. The van der Waals surface area contributed by atoms with E-state index >= 15 is 0 Å². The Hall–Kier alpha value is -1.84. The Bertz CT molecular complexity index is 475. The molecule has 0 aromatic carbocycles. The Labute approximate surface area is 169 Å². The van der Waals surface area contributed by atoms with E-state index in [1.165, 1.54) is 0 Å². The Morgan fingerprint density at radius 1 is 0.786 bits per heavy atom. The van der Waals surface area contributed by atoms with Gasteiger partial charge >= 0.3 is 12.1 Å². The molecule has 0 saturated heterocycles. The van der Waals surface area contributed by atoms with Crippen molar-refractivity contribution in [3.05, 3.63) is 9.81 Å². The topological polar surface area (TPSA) is 204 Å². The number of nitrogens with zero attached hydrogens (tertiary/aromatic N) is 4. The predicted octanol–water partition coefficient (Wildman–Crippen LogP) is -1.71. The number of carbonyl (C=O) groups excluding carboxylic acids is 2. The Balaban J connectivity index is 4.51. The first-order chi connectivity index (χ1) is 13.2. The molecule has 0 aliphatic carbocycles. The van der Waals surface area contributed by atoms with E-state index in [0.717, 1.165) is 0 Å². The number of hydrogen-bond acceptors (Lipinski definition) is 10. The molecule has 0 saturated carbocycles. The molecule has 0 rings (SSSR count). The van der Waals surface area contributed by atoms with Crippen LogP contribution in [0.5, 0.6) is 0 Å². The van der Waals surface area contributed by atoms with Crippen LogP contribution >= 0.6 is 23.2 Å².